The number of aromatic nitrogens is 1. The summed E-state index contributed by atoms with van der Waals surface area (Å²) >= 11 is 0. The number of anilines is 1. The van der Waals surface area contributed by atoms with E-state index in [1.807, 2.05) is 13.8 Å². The van der Waals surface area contributed by atoms with Gasteiger partial charge in [-0.3, -0.25) is 0 Å². The van der Waals surface area contributed by atoms with Crippen LogP contribution in [0.2, 0.25) is 0 Å². The highest BCUT2D eigenvalue weighted by atomic mass is 16.5. The quantitative estimate of drug-likeness (QED) is 0.732. The average Bonchev–Trinajstić information content (AvgIpc) is 2.36. The molecule has 1 N–H and O–H groups in total. The maximum atomic E-state index is 5.38. The highest BCUT2D eigenvalue weighted by Crippen LogP contribution is 2.13. The van der Waals surface area contributed by atoms with Gasteiger partial charge in [0.15, 0.2) is 0 Å². The van der Waals surface area contributed by atoms with Crippen molar-refractivity contribution in [2.24, 2.45) is 0 Å². The first-order valence-corrected chi connectivity index (χ1v) is 7.02. The van der Waals surface area contributed by atoms with Gasteiger partial charge in [0.05, 0.1) is 6.61 Å². The molecule has 0 aliphatic rings. The Morgan fingerprint density at radius 2 is 2.11 bits per heavy atom. The normalized spacial score (nSPS) is 11.1. The Morgan fingerprint density at radius 1 is 1.37 bits per heavy atom. The molecule has 4 heteroatoms. The number of nitrogens with one attached hydrogen (secondary N) is 1. The van der Waals surface area contributed by atoms with Gasteiger partial charge in [-0.05, 0) is 31.5 Å². The van der Waals surface area contributed by atoms with Crippen LogP contribution in [-0.2, 0) is 11.3 Å². The molecule has 4 nitrogen and oxygen atoms in total. The van der Waals surface area contributed by atoms with E-state index >= 15 is 0 Å². The molecule has 1 aromatic rings. The van der Waals surface area contributed by atoms with E-state index in [1.165, 1.54) is 5.56 Å². The van der Waals surface area contributed by atoms with E-state index in [4.69, 9.17) is 4.74 Å². The largest absolute Gasteiger partial charge is 0.380 e. The summed E-state index contributed by atoms with van der Waals surface area (Å²) in [5.74, 6) is 1.01. The SMILES string of the molecule is CCOCCN(C)c1cc(CNC(C)C)cc(C)n1. The minimum atomic E-state index is 0.493. The summed E-state index contributed by atoms with van der Waals surface area (Å²) in [5, 5.41) is 3.44. The number of rotatable bonds is 8. The lowest BCUT2D eigenvalue weighted by Crippen LogP contribution is -2.25. The molecule has 0 amide bonds. The molecule has 0 aliphatic heterocycles. The van der Waals surface area contributed by atoms with Crippen molar-refractivity contribution in [2.75, 3.05) is 31.7 Å². The average molecular weight is 265 g/mol. The first-order chi connectivity index (χ1) is 9.02. The Kier molecular flexibility index (Phi) is 6.81. The minimum absolute atomic E-state index is 0.493. The molecule has 0 radical (unpaired) electrons. The smallest absolute Gasteiger partial charge is 0.128 e. The first kappa shape index (κ1) is 15.9. The van der Waals surface area contributed by atoms with Crippen LogP contribution in [0.4, 0.5) is 5.82 Å². The molecule has 0 aliphatic carbocycles. The van der Waals surface area contributed by atoms with Gasteiger partial charge in [-0.2, -0.15) is 0 Å². The molecule has 1 aromatic heterocycles. The number of hydrogen-bond acceptors (Lipinski definition) is 4. The van der Waals surface area contributed by atoms with Crippen molar-refractivity contribution in [3.63, 3.8) is 0 Å². The summed E-state index contributed by atoms with van der Waals surface area (Å²) in [6, 6.07) is 4.77. The molecule has 0 spiro atoms. The summed E-state index contributed by atoms with van der Waals surface area (Å²) < 4.78 is 5.38. The van der Waals surface area contributed by atoms with Crippen LogP contribution in [-0.4, -0.2) is 37.8 Å². The van der Waals surface area contributed by atoms with Crippen molar-refractivity contribution in [3.8, 4) is 0 Å². The molecule has 0 aromatic carbocycles. The zero-order chi connectivity index (χ0) is 14.3. The molecule has 0 bridgehead atoms. The van der Waals surface area contributed by atoms with Gasteiger partial charge in [0, 0.05) is 38.5 Å². The number of pyridine rings is 1. The highest BCUT2D eigenvalue weighted by Gasteiger charge is 2.06. The molecule has 0 saturated carbocycles. The van der Waals surface area contributed by atoms with Crippen molar-refractivity contribution in [2.45, 2.75) is 40.3 Å². The lowest BCUT2D eigenvalue weighted by molar-refractivity contribution is 0.154. The Morgan fingerprint density at radius 3 is 2.74 bits per heavy atom. The Balaban J connectivity index is 2.66. The fourth-order valence-electron chi connectivity index (χ4n) is 1.80. The van der Waals surface area contributed by atoms with Crippen LogP contribution in [0.15, 0.2) is 12.1 Å². The monoisotopic (exact) mass is 265 g/mol. The second-order valence-electron chi connectivity index (χ2n) is 5.13. The summed E-state index contributed by atoms with van der Waals surface area (Å²) in [7, 11) is 2.06. The summed E-state index contributed by atoms with van der Waals surface area (Å²) in [4.78, 5) is 6.72. The van der Waals surface area contributed by atoms with E-state index in [9.17, 15) is 0 Å². The maximum Gasteiger partial charge on any atom is 0.128 e. The number of likely N-dealkylation sites (N-methyl/N-ethyl adjacent to an activating group) is 1. The van der Waals surface area contributed by atoms with E-state index in [-0.39, 0.29) is 0 Å². The van der Waals surface area contributed by atoms with Crippen molar-refractivity contribution < 1.29 is 4.74 Å². The molecular weight excluding hydrogens is 238 g/mol. The third-order valence-corrected chi connectivity index (χ3v) is 2.88. The molecule has 108 valence electrons. The summed E-state index contributed by atoms with van der Waals surface area (Å²) in [6.07, 6.45) is 0. The van der Waals surface area contributed by atoms with Gasteiger partial charge in [-0.15, -0.1) is 0 Å². The lowest BCUT2D eigenvalue weighted by Gasteiger charge is -2.19. The zero-order valence-electron chi connectivity index (χ0n) is 12.9. The van der Waals surface area contributed by atoms with Crippen LogP contribution < -0.4 is 10.2 Å². The number of hydrogen-bond donors (Lipinski definition) is 1. The number of ether oxygens (including phenoxy) is 1. The van der Waals surface area contributed by atoms with Crippen LogP contribution in [0.3, 0.4) is 0 Å². The van der Waals surface area contributed by atoms with Crippen molar-refractivity contribution in [1.29, 1.82) is 0 Å². The van der Waals surface area contributed by atoms with E-state index in [0.717, 1.165) is 37.8 Å². The van der Waals surface area contributed by atoms with Gasteiger partial charge < -0.3 is 15.0 Å². The van der Waals surface area contributed by atoms with E-state index < -0.39 is 0 Å². The molecule has 0 atom stereocenters. The number of nitrogens with zero attached hydrogens (tertiary/aromatic N) is 2. The van der Waals surface area contributed by atoms with E-state index in [2.05, 4.69) is 48.2 Å². The fourth-order valence-corrected chi connectivity index (χ4v) is 1.80. The third kappa shape index (κ3) is 6.03. The van der Waals surface area contributed by atoms with Gasteiger partial charge >= 0.3 is 0 Å². The first-order valence-electron chi connectivity index (χ1n) is 7.02. The Labute approximate surface area is 117 Å². The lowest BCUT2D eigenvalue weighted by atomic mass is 10.2. The van der Waals surface area contributed by atoms with Gasteiger partial charge in [-0.1, -0.05) is 13.8 Å². The predicted octanol–water partition coefficient (Wildman–Crippen LogP) is 2.36. The summed E-state index contributed by atoms with van der Waals surface area (Å²) in [6.45, 7) is 11.6. The standard InChI is InChI=1S/C15H27N3O/c1-6-19-8-7-18(5)15-10-14(9-13(4)17-15)11-16-12(2)3/h9-10,12,16H,6-8,11H2,1-5H3. The topological polar surface area (TPSA) is 37.4 Å². The van der Waals surface area contributed by atoms with Crippen molar-refractivity contribution >= 4 is 5.82 Å². The Hall–Kier alpha value is -1.13. The van der Waals surface area contributed by atoms with Crippen LogP contribution in [0.25, 0.3) is 0 Å². The van der Waals surface area contributed by atoms with E-state index in [0.29, 0.717) is 6.04 Å². The molecule has 1 heterocycles. The summed E-state index contributed by atoms with van der Waals surface area (Å²) in [5.41, 5.74) is 2.33. The van der Waals surface area contributed by atoms with Gasteiger partial charge in [0.2, 0.25) is 0 Å². The zero-order valence-corrected chi connectivity index (χ0v) is 12.9. The molecule has 0 fully saturated rings. The van der Waals surface area contributed by atoms with E-state index in [1.54, 1.807) is 0 Å². The van der Waals surface area contributed by atoms with Crippen molar-refractivity contribution in [3.05, 3.63) is 23.4 Å². The molecule has 19 heavy (non-hydrogen) atoms. The molecule has 0 unspecified atom stereocenters. The second kappa shape index (κ2) is 8.12. The molecular formula is C15H27N3O. The van der Waals surface area contributed by atoms with Crippen LogP contribution in [0, 0.1) is 6.92 Å². The molecule has 1 rings (SSSR count). The van der Waals surface area contributed by atoms with Crippen LogP contribution >= 0.6 is 0 Å². The maximum absolute atomic E-state index is 5.38. The van der Waals surface area contributed by atoms with Crippen LogP contribution in [0.5, 0.6) is 0 Å². The fraction of sp³-hybridized carbons (Fsp3) is 0.667. The minimum Gasteiger partial charge on any atom is -0.380 e. The molecule has 0 saturated heterocycles. The van der Waals surface area contributed by atoms with Gasteiger partial charge in [0.25, 0.3) is 0 Å². The number of aryl methyl sites for hydroxylation is 1. The van der Waals surface area contributed by atoms with Crippen molar-refractivity contribution in [1.82, 2.24) is 10.3 Å². The Bertz CT molecular complexity index is 380. The van der Waals surface area contributed by atoms with Gasteiger partial charge in [-0.25, -0.2) is 4.98 Å². The van der Waals surface area contributed by atoms with Gasteiger partial charge in [0.1, 0.15) is 5.82 Å². The third-order valence-electron chi connectivity index (χ3n) is 2.88. The second-order valence-corrected chi connectivity index (χ2v) is 5.13. The van der Waals surface area contributed by atoms with Crippen LogP contribution in [0.1, 0.15) is 32.0 Å². The highest BCUT2D eigenvalue weighted by molar-refractivity contribution is 5.41. The predicted molar refractivity (Wildman–Crippen MR) is 80.7 cm³/mol.